The van der Waals surface area contributed by atoms with Crippen molar-refractivity contribution < 1.29 is 9.53 Å². The third-order valence-electron chi connectivity index (χ3n) is 3.20. The minimum Gasteiger partial charge on any atom is -0.493 e. The molecule has 98 valence electrons. The van der Waals surface area contributed by atoms with Crippen molar-refractivity contribution in [3.8, 4) is 5.75 Å². The van der Waals surface area contributed by atoms with Crippen LogP contribution >= 0.6 is 0 Å². The van der Waals surface area contributed by atoms with E-state index in [1.807, 2.05) is 0 Å². The van der Waals surface area contributed by atoms with Gasteiger partial charge in [-0.15, -0.1) is 0 Å². The second kappa shape index (κ2) is 5.76. The van der Waals surface area contributed by atoms with E-state index in [0.29, 0.717) is 30.7 Å². The maximum Gasteiger partial charge on any atom is 0.223 e. The van der Waals surface area contributed by atoms with E-state index in [2.05, 4.69) is 12.2 Å². The summed E-state index contributed by atoms with van der Waals surface area (Å²) in [7, 11) is 0. The number of carbonyl (C=O) groups is 1. The molecule has 0 heterocycles. The molecule has 0 radical (unpaired) electrons. The first kappa shape index (κ1) is 12.7. The lowest BCUT2D eigenvalue weighted by molar-refractivity contribution is -0.122. The molecular formula is C14H20N2O2. The first-order valence-corrected chi connectivity index (χ1v) is 6.43. The summed E-state index contributed by atoms with van der Waals surface area (Å²) in [6.07, 6.45) is 2.87. The summed E-state index contributed by atoms with van der Waals surface area (Å²) in [5.41, 5.74) is 6.28. The third kappa shape index (κ3) is 3.95. The molecule has 2 rings (SSSR count). The first-order chi connectivity index (χ1) is 8.65. The summed E-state index contributed by atoms with van der Waals surface area (Å²) >= 11 is 0. The van der Waals surface area contributed by atoms with Gasteiger partial charge < -0.3 is 15.8 Å². The Morgan fingerprint density at radius 1 is 1.44 bits per heavy atom. The molecule has 0 aromatic heterocycles. The van der Waals surface area contributed by atoms with Gasteiger partial charge in [0.05, 0.1) is 13.0 Å². The predicted molar refractivity (Wildman–Crippen MR) is 71.3 cm³/mol. The average molecular weight is 248 g/mol. The minimum atomic E-state index is 0.0600. The molecule has 0 aliphatic heterocycles. The Morgan fingerprint density at radius 3 is 2.72 bits per heavy atom. The summed E-state index contributed by atoms with van der Waals surface area (Å²) in [4.78, 5) is 11.6. The molecule has 1 aromatic carbocycles. The molecule has 0 bridgehead atoms. The van der Waals surface area contributed by atoms with E-state index >= 15 is 0 Å². The number of nitrogen functional groups attached to an aromatic ring is 1. The van der Waals surface area contributed by atoms with Crippen LogP contribution in [0.4, 0.5) is 5.69 Å². The van der Waals surface area contributed by atoms with Crippen LogP contribution in [0.1, 0.15) is 26.2 Å². The second-order valence-corrected chi connectivity index (χ2v) is 4.86. The highest BCUT2D eigenvalue weighted by molar-refractivity contribution is 5.76. The van der Waals surface area contributed by atoms with E-state index in [-0.39, 0.29) is 5.91 Å². The van der Waals surface area contributed by atoms with Crippen molar-refractivity contribution in [1.29, 1.82) is 0 Å². The highest BCUT2D eigenvalue weighted by Crippen LogP contribution is 2.32. The number of nitrogens with one attached hydrogen (secondary N) is 1. The van der Waals surface area contributed by atoms with Crippen molar-refractivity contribution in [3.05, 3.63) is 24.3 Å². The molecule has 1 atom stereocenters. The Bertz CT molecular complexity index is 399. The van der Waals surface area contributed by atoms with Crippen molar-refractivity contribution in [2.45, 2.75) is 32.2 Å². The van der Waals surface area contributed by atoms with Crippen LogP contribution in [0.15, 0.2) is 24.3 Å². The van der Waals surface area contributed by atoms with Gasteiger partial charge in [-0.2, -0.15) is 0 Å². The van der Waals surface area contributed by atoms with Crippen LogP contribution in [-0.2, 0) is 4.79 Å². The van der Waals surface area contributed by atoms with Crippen molar-refractivity contribution >= 4 is 11.6 Å². The quantitative estimate of drug-likeness (QED) is 0.756. The summed E-state index contributed by atoms with van der Waals surface area (Å²) in [5.74, 6) is 1.49. The monoisotopic (exact) mass is 248 g/mol. The fraction of sp³-hybridized carbons (Fsp3) is 0.500. The fourth-order valence-electron chi connectivity index (χ4n) is 1.87. The van der Waals surface area contributed by atoms with Crippen LogP contribution in [0.2, 0.25) is 0 Å². The van der Waals surface area contributed by atoms with Gasteiger partial charge >= 0.3 is 0 Å². The number of hydrogen-bond donors (Lipinski definition) is 2. The number of rotatable bonds is 6. The normalized spacial score (nSPS) is 16.1. The van der Waals surface area contributed by atoms with Crippen LogP contribution in [0.3, 0.4) is 0 Å². The van der Waals surface area contributed by atoms with Crippen molar-refractivity contribution in [1.82, 2.24) is 5.32 Å². The van der Waals surface area contributed by atoms with Gasteiger partial charge in [0.1, 0.15) is 5.75 Å². The zero-order chi connectivity index (χ0) is 13.0. The molecule has 18 heavy (non-hydrogen) atoms. The van der Waals surface area contributed by atoms with Gasteiger partial charge in [0.2, 0.25) is 5.91 Å². The van der Waals surface area contributed by atoms with E-state index in [4.69, 9.17) is 10.5 Å². The average Bonchev–Trinajstić information content (AvgIpc) is 3.15. The Hall–Kier alpha value is -1.71. The Balaban J connectivity index is 1.65. The number of hydrogen-bond acceptors (Lipinski definition) is 3. The summed E-state index contributed by atoms with van der Waals surface area (Å²) in [5, 5.41) is 3.00. The molecule has 0 saturated heterocycles. The smallest absolute Gasteiger partial charge is 0.223 e. The molecule has 1 aliphatic rings. The number of nitrogens with two attached hydrogens (primary N) is 1. The van der Waals surface area contributed by atoms with Gasteiger partial charge in [0.15, 0.2) is 0 Å². The zero-order valence-electron chi connectivity index (χ0n) is 10.7. The van der Waals surface area contributed by atoms with Gasteiger partial charge in [0.25, 0.3) is 0 Å². The lowest BCUT2D eigenvalue weighted by atomic mass is 10.2. The second-order valence-electron chi connectivity index (χ2n) is 4.86. The van der Waals surface area contributed by atoms with Gasteiger partial charge in [-0.1, -0.05) is 0 Å². The van der Waals surface area contributed by atoms with E-state index in [0.717, 1.165) is 5.75 Å². The molecule has 1 aliphatic carbocycles. The minimum absolute atomic E-state index is 0.0600. The topological polar surface area (TPSA) is 64.3 Å². The maximum atomic E-state index is 11.6. The molecule has 1 unspecified atom stereocenters. The highest BCUT2D eigenvalue weighted by Gasteiger charge is 2.28. The summed E-state index contributed by atoms with van der Waals surface area (Å²) in [6, 6.07) is 7.48. The maximum absolute atomic E-state index is 11.6. The van der Waals surface area contributed by atoms with Gasteiger partial charge in [-0.25, -0.2) is 0 Å². The molecule has 1 saturated carbocycles. The molecule has 1 fully saturated rings. The lowest BCUT2D eigenvalue weighted by Crippen LogP contribution is -2.34. The summed E-state index contributed by atoms with van der Waals surface area (Å²) < 4.78 is 5.47. The van der Waals surface area contributed by atoms with Gasteiger partial charge in [-0.3, -0.25) is 4.79 Å². The Kier molecular flexibility index (Phi) is 4.07. The Morgan fingerprint density at radius 2 is 2.11 bits per heavy atom. The SMILES string of the molecule is CC(NC(=O)CCOc1ccc(N)cc1)C1CC1. The van der Waals surface area contributed by atoms with Gasteiger partial charge in [0, 0.05) is 11.7 Å². The number of anilines is 1. The predicted octanol–water partition coefficient (Wildman–Crippen LogP) is 1.95. The van der Waals surface area contributed by atoms with E-state index in [9.17, 15) is 4.79 Å². The van der Waals surface area contributed by atoms with E-state index in [1.54, 1.807) is 24.3 Å². The number of ether oxygens (including phenoxy) is 1. The molecule has 4 heteroatoms. The van der Waals surface area contributed by atoms with Crippen molar-refractivity contribution in [3.63, 3.8) is 0 Å². The van der Waals surface area contributed by atoms with E-state index < -0.39 is 0 Å². The zero-order valence-corrected chi connectivity index (χ0v) is 10.7. The van der Waals surface area contributed by atoms with Crippen LogP contribution in [0.5, 0.6) is 5.75 Å². The Labute approximate surface area is 108 Å². The molecule has 1 aromatic rings. The molecular weight excluding hydrogens is 228 g/mol. The van der Waals surface area contributed by atoms with E-state index in [1.165, 1.54) is 12.8 Å². The molecule has 0 spiro atoms. The lowest BCUT2D eigenvalue weighted by Gasteiger charge is -2.13. The largest absolute Gasteiger partial charge is 0.493 e. The van der Waals surface area contributed by atoms with Crippen molar-refractivity contribution in [2.75, 3.05) is 12.3 Å². The number of amides is 1. The molecule has 3 N–H and O–H groups in total. The van der Waals surface area contributed by atoms with Gasteiger partial charge in [-0.05, 0) is 49.9 Å². The van der Waals surface area contributed by atoms with Crippen LogP contribution in [-0.4, -0.2) is 18.6 Å². The standard InChI is InChI=1S/C14H20N2O2/c1-10(11-2-3-11)16-14(17)8-9-18-13-6-4-12(15)5-7-13/h4-7,10-11H,2-3,8-9,15H2,1H3,(H,16,17). The van der Waals surface area contributed by atoms with Crippen LogP contribution in [0, 0.1) is 5.92 Å². The van der Waals surface area contributed by atoms with Crippen LogP contribution < -0.4 is 15.8 Å². The number of benzene rings is 1. The summed E-state index contributed by atoms with van der Waals surface area (Å²) in [6.45, 7) is 2.46. The number of carbonyl (C=O) groups excluding carboxylic acids is 1. The third-order valence-corrected chi connectivity index (χ3v) is 3.20. The molecule has 4 nitrogen and oxygen atoms in total. The van der Waals surface area contributed by atoms with Crippen LogP contribution in [0.25, 0.3) is 0 Å². The van der Waals surface area contributed by atoms with Crippen molar-refractivity contribution in [2.24, 2.45) is 5.92 Å². The highest BCUT2D eigenvalue weighted by atomic mass is 16.5. The first-order valence-electron chi connectivity index (χ1n) is 6.43. The fourth-order valence-corrected chi connectivity index (χ4v) is 1.87. The molecule has 1 amide bonds.